The fourth-order valence-corrected chi connectivity index (χ4v) is 2.77. The molecule has 9 heteroatoms. The van der Waals surface area contributed by atoms with Crippen LogP contribution in [0.3, 0.4) is 0 Å². The van der Waals surface area contributed by atoms with Gasteiger partial charge in [0.1, 0.15) is 17.2 Å². The minimum atomic E-state index is -0.607. The molecule has 0 fully saturated rings. The first-order valence-electron chi connectivity index (χ1n) is 8.85. The maximum absolute atomic E-state index is 12.3. The van der Waals surface area contributed by atoms with Crippen molar-refractivity contribution in [1.29, 1.82) is 0 Å². The largest absolute Gasteiger partial charge is 0.507 e. The van der Waals surface area contributed by atoms with Crippen LogP contribution in [0.15, 0.2) is 60.7 Å². The Hall–Kier alpha value is -3.85. The lowest BCUT2D eigenvalue weighted by Crippen LogP contribution is -2.49. The van der Waals surface area contributed by atoms with Crippen LogP contribution in [0, 0.1) is 0 Å². The van der Waals surface area contributed by atoms with Crippen molar-refractivity contribution in [2.24, 2.45) is 0 Å². The number of phenolic OH excluding ortho intramolecular Hbond substituents is 1. The van der Waals surface area contributed by atoms with Crippen LogP contribution in [0.4, 0.5) is 0 Å². The summed E-state index contributed by atoms with van der Waals surface area (Å²) in [7, 11) is 1.55. The number of phenols is 1. The summed E-state index contributed by atoms with van der Waals surface area (Å²) in [5, 5.41) is 13.9. The molecular formula is C21H19N3O5S. The molecule has 0 aliphatic heterocycles. The summed E-state index contributed by atoms with van der Waals surface area (Å²) in [5.41, 5.74) is 4.82. The van der Waals surface area contributed by atoms with Crippen molar-refractivity contribution < 1.29 is 24.2 Å². The van der Waals surface area contributed by atoms with E-state index in [2.05, 4.69) is 16.2 Å². The Balaban J connectivity index is 1.48. The van der Waals surface area contributed by atoms with Gasteiger partial charge in [0.2, 0.25) is 0 Å². The van der Waals surface area contributed by atoms with Gasteiger partial charge in [-0.1, -0.05) is 24.3 Å². The van der Waals surface area contributed by atoms with E-state index in [0.29, 0.717) is 11.5 Å². The molecule has 8 nitrogen and oxygen atoms in total. The SMILES string of the molecule is COc1ccc(OCC(=O)NC(=S)NNC(=O)c2cc3ccccc3cc2O)cc1. The number of benzene rings is 3. The zero-order chi connectivity index (χ0) is 21.5. The highest BCUT2D eigenvalue weighted by Crippen LogP contribution is 2.24. The average Bonchev–Trinajstić information content (AvgIpc) is 2.76. The first-order chi connectivity index (χ1) is 14.5. The Labute approximate surface area is 177 Å². The van der Waals surface area contributed by atoms with Crippen LogP contribution in [0.25, 0.3) is 10.8 Å². The van der Waals surface area contributed by atoms with E-state index in [9.17, 15) is 14.7 Å². The van der Waals surface area contributed by atoms with Crippen molar-refractivity contribution in [2.75, 3.05) is 13.7 Å². The number of nitrogens with one attached hydrogen (secondary N) is 3. The molecule has 30 heavy (non-hydrogen) atoms. The first kappa shape index (κ1) is 20.9. The van der Waals surface area contributed by atoms with Gasteiger partial charge in [-0.3, -0.25) is 25.8 Å². The summed E-state index contributed by atoms with van der Waals surface area (Å²) in [6, 6.07) is 17.1. The summed E-state index contributed by atoms with van der Waals surface area (Å²) < 4.78 is 10.4. The number of rotatable bonds is 5. The maximum atomic E-state index is 12.3. The third kappa shape index (κ3) is 5.36. The molecular weight excluding hydrogens is 406 g/mol. The Morgan fingerprint density at radius 3 is 2.27 bits per heavy atom. The molecule has 3 aromatic carbocycles. The van der Waals surface area contributed by atoms with Gasteiger partial charge >= 0.3 is 0 Å². The third-order valence-electron chi connectivity index (χ3n) is 4.08. The number of thiocarbonyl (C=S) groups is 1. The summed E-state index contributed by atoms with van der Waals surface area (Å²) in [6.07, 6.45) is 0. The quantitative estimate of drug-likeness (QED) is 0.367. The molecule has 0 aliphatic rings. The second-order valence-electron chi connectivity index (χ2n) is 6.14. The summed E-state index contributed by atoms with van der Waals surface area (Å²) in [4.78, 5) is 24.2. The number of amides is 2. The number of hydrogen-bond acceptors (Lipinski definition) is 6. The van der Waals surface area contributed by atoms with Crippen molar-refractivity contribution in [3.63, 3.8) is 0 Å². The van der Waals surface area contributed by atoms with Crippen LogP contribution in [-0.4, -0.2) is 35.8 Å². The van der Waals surface area contributed by atoms with E-state index in [4.69, 9.17) is 21.7 Å². The predicted molar refractivity (Wildman–Crippen MR) is 115 cm³/mol. The third-order valence-corrected chi connectivity index (χ3v) is 4.28. The number of methoxy groups -OCH3 is 1. The number of carbonyl (C=O) groups is 2. The Morgan fingerprint density at radius 2 is 1.60 bits per heavy atom. The van der Waals surface area contributed by atoms with E-state index < -0.39 is 11.8 Å². The molecule has 0 aromatic heterocycles. The number of carbonyl (C=O) groups excluding carboxylic acids is 2. The fraction of sp³-hybridized carbons (Fsp3) is 0.0952. The van der Waals surface area contributed by atoms with Gasteiger partial charge in [-0.05, 0) is 59.4 Å². The number of hydrogen-bond donors (Lipinski definition) is 4. The molecule has 0 unspecified atom stereocenters. The van der Waals surface area contributed by atoms with Crippen LogP contribution in [0.2, 0.25) is 0 Å². The first-order valence-corrected chi connectivity index (χ1v) is 9.26. The van der Waals surface area contributed by atoms with E-state index in [1.54, 1.807) is 37.4 Å². The maximum Gasteiger partial charge on any atom is 0.273 e. The predicted octanol–water partition coefficient (Wildman–Crippen LogP) is 2.27. The molecule has 0 radical (unpaired) electrons. The Morgan fingerprint density at radius 1 is 0.967 bits per heavy atom. The molecule has 0 atom stereocenters. The second kappa shape index (κ2) is 9.57. The van der Waals surface area contributed by atoms with Gasteiger partial charge in [-0.15, -0.1) is 0 Å². The van der Waals surface area contributed by atoms with Crippen LogP contribution in [-0.2, 0) is 4.79 Å². The molecule has 3 rings (SSSR count). The highest BCUT2D eigenvalue weighted by Gasteiger charge is 2.13. The molecule has 2 amide bonds. The highest BCUT2D eigenvalue weighted by atomic mass is 32.1. The average molecular weight is 425 g/mol. The lowest BCUT2D eigenvalue weighted by molar-refractivity contribution is -0.121. The summed E-state index contributed by atoms with van der Waals surface area (Å²) in [6.45, 7) is -0.270. The van der Waals surface area contributed by atoms with E-state index in [-0.39, 0.29) is 23.0 Å². The summed E-state index contributed by atoms with van der Waals surface area (Å²) >= 11 is 4.98. The monoisotopic (exact) mass is 425 g/mol. The minimum Gasteiger partial charge on any atom is -0.507 e. The van der Waals surface area contributed by atoms with E-state index >= 15 is 0 Å². The van der Waals surface area contributed by atoms with Crippen LogP contribution >= 0.6 is 12.2 Å². The normalized spacial score (nSPS) is 10.2. The number of ether oxygens (including phenoxy) is 2. The Kier molecular flexibility index (Phi) is 6.66. The zero-order valence-electron chi connectivity index (χ0n) is 16.0. The molecule has 0 bridgehead atoms. The molecule has 0 spiro atoms. The highest BCUT2D eigenvalue weighted by molar-refractivity contribution is 7.80. The van der Waals surface area contributed by atoms with Crippen molar-refractivity contribution in [2.45, 2.75) is 0 Å². The molecule has 0 saturated carbocycles. The smallest absolute Gasteiger partial charge is 0.273 e. The lowest BCUT2D eigenvalue weighted by atomic mass is 10.1. The van der Waals surface area contributed by atoms with Crippen molar-refractivity contribution in [1.82, 2.24) is 16.2 Å². The molecule has 4 N–H and O–H groups in total. The van der Waals surface area contributed by atoms with E-state index in [0.717, 1.165) is 10.8 Å². The number of fused-ring (bicyclic) bond motifs is 1. The molecule has 0 aliphatic carbocycles. The molecule has 0 heterocycles. The van der Waals surface area contributed by atoms with Gasteiger partial charge in [0, 0.05) is 0 Å². The van der Waals surface area contributed by atoms with Crippen LogP contribution < -0.4 is 25.6 Å². The van der Waals surface area contributed by atoms with Gasteiger partial charge in [0.05, 0.1) is 12.7 Å². The van der Waals surface area contributed by atoms with Crippen molar-refractivity contribution in [3.05, 3.63) is 66.2 Å². The molecule has 0 saturated heterocycles. The van der Waals surface area contributed by atoms with E-state index in [1.807, 2.05) is 24.3 Å². The van der Waals surface area contributed by atoms with Gasteiger partial charge < -0.3 is 14.6 Å². The van der Waals surface area contributed by atoms with Gasteiger partial charge in [-0.25, -0.2) is 0 Å². The topological polar surface area (TPSA) is 109 Å². The minimum absolute atomic E-state index is 0.0677. The van der Waals surface area contributed by atoms with Gasteiger partial charge in [0.25, 0.3) is 11.8 Å². The number of aromatic hydroxyl groups is 1. The zero-order valence-corrected chi connectivity index (χ0v) is 16.8. The van der Waals surface area contributed by atoms with E-state index in [1.165, 1.54) is 6.07 Å². The summed E-state index contributed by atoms with van der Waals surface area (Å²) in [5.74, 6) is -0.124. The van der Waals surface area contributed by atoms with Gasteiger partial charge in [-0.2, -0.15) is 0 Å². The lowest BCUT2D eigenvalue weighted by Gasteiger charge is -2.12. The molecule has 3 aromatic rings. The molecule has 154 valence electrons. The van der Waals surface area contributed by atoms with Gasteiger partial charge in [0.15, 0.2) is 11.7 Å². The van der Waals surface area contributed by atoms with Crippen LogP contribution in [0.1, 0.15) is 10.4 Å². The second-order valence-corrected chi connectivity index (χ2v) is 6.55. The van der Waals surface area contributed by atoms with Crippen molar-refractivity contribution >= 4 is 39.9 Å². The van der Waals surface area contributed by atoms with Crippen molar-refractivity contribution in [3.8, 4) is 17.2 Å². The number of hydrazine groups is 1. The standard InChI is InChI=1S/C21H19N3O5S/c1-28-15-6-8-16(9-7-15)29-12-19(26)22-21(30)24-23-20(27)17-10-13-4-2-3-5-14(13)11-18(17)25/h2-11,25H,12H2,1H3,(H,23,27)(H2,22,24,26,30). The Bertz CT molecular complexity index is 1090. The fourth-order valence-electron chi connectivity index (χ4n) is 2.61. The van der Waals surface area contributed by atoms with Crippen LogP contribution in [0.5, 0.6) is 17.2 Å².